The van der Waals surface area contributed by atoms with Crippen LogP contribution in [0.1, 0.15) is 11.8 Å². The quantitative estimate of drug-likeness (QED) is 0.944. The van der Waals surface area contributed by atoms with Crippen LogP contribution in [0.5, 0.6) is 0 Å². The van der Waals surface area contributed by atoms with Gasteiger partial charge < -0.3 is 5.32 Å². The SMILES string of the molecule is C[C@H]1CNCCN1Cc1cnc(-c2ccccc2)s1.Cl. The van der Waals surface area contributed by atoms with E-state index in [2.05, 4.69) is 46.4 Å². The van der Waals surface area contributed by atoms with Crippen LogP contribution in [0.3, 0.4) is 0 Å². The van der Waals surface area contributed by atoms with Gasteiger partial charge in [-0.05, 0) is 6.92 Å². The molecule has 0 radical (unpaired) electrons. The molecule has 1 aliphatic heterocycles. The average molecular weight is 310 g/mol. The van der Waals surface area contributed by atoms with Crippen molar-refractivity contribution in [2.75, 3.05) is 19.6 Å². The molecule has 1 atom stereocenters. The van der Waals surface area contributed by atoms with Crippen molar-refractivity contribution in [3.05, 3.63) is 41.4 Å². The fraction of sp³-hybridized carbons (Fsp3) is 0.400. The summed E-state index contributed by atoms with van der Waals surface area (Å²) in [6.45, 7) is 6.61. The van der Waals surface area contributed by atoms with E-state index in [1.807, 2.05) is 23.6 Å². The Labute approximate surface area is 130 Å². The lowest BCUT2D eigenvalue weighted by molar-refractivity contribution is 0.167. The Morgan fingerprint density at radius 3 is 2.90 bits per heavy atom. The Morgan fingerprint density at radius 2 is 2.15 bits per heavy atom. The Morgan fingerprint density at radius 1 is 1.35 bits per heavy atom. The van der Waals surface area contributed by atoms with Gasteiger partial charge in [0.15, 0.2) is 0 Å². The molecule has 5 heteroatoms. The van der Waals surface area contributed by atoms with Gasteiger partial charge in [0.05, 0.1) is 0 Å². The number of piperazine rings is 1. The van der Waals surface area contributed by atoms with Crippen molar-refractivity contribution in [2.24, 2.45) is 0 Å². The minimum absolute atomic E-state index is 0. The zero-order valence-corrected chi connectivity index (χ0v) is 13.2. The van der Waals surface area contributed by atoms with Gasteiger partial charge in [-0.3, -0.25) is 4.90 Å². The molecule has 1 aliphatic rings. The van der Waals surface area contributed by atoms with E-state index in [0.717, 1.165) is 31.2 Å². The highest BCUT2D eigenvalue weighted by molar-refractivity contribution is 7.15. The molecule has 1 fully saturated rings. The molecule has 0 amide bonds. The first-order chi connectivity index (χ1) is 9.33. The van der Waals surface area contributed by atoms with Crippen LogP contribution in [-0.2, 0) is 6.54 Å². The molecule has 20 heavy (non-hydrogen) atoms. The summed E-state index contributed by atoms with van der Waals surface area (Å²) < 4.78 is 0. The number of benzene rings is 1. The van der Waals surface area contributed by atoms with Gasteiger partial charge in [-0.2, -0.15) is 0 Å². The van der Waals surface area contributed by atoms with Gasteiger partial charge in [0.1, 0.15) is 5.01 Å². The summed E-state index contributed by atoms with van der Waals surface area (Å²) in [5, 5.41) is 4.55. The Bertz CT molecular complexity index is 529. The Kier molecular flexibility index (Phi) is 5.54. The van der Waals surface area contributed by atoms with Gasteiger partial charge in [0, 0.05) is 48.9 Å². The van der Waals surface area contributed by atoms with E-state index in [4.69, 9.17) is 0 Å². The maximum Gasteiger partial charge on any atom is 0.123 e. The molecule has 0 saturated carbocycles. The molecule has 3 nitrogen and oxygen atoms in total. The van der Waals surface area contributed by atoms with Crippen LogP contribution in [0.25, 0.3) is 10.6 Å². The van der Waals surface area contributed by atoms with Crippen molar-refractivity contribution in [2.45, 2.75) is 19.5 Å². The first-order valence-corrected chi connectivity index (χ1v) is 7.59. The summed E-state index contributed by atoms with van der Waals surface area (Å²) in [5.74, 6) is 0. The van der Waals surface area contributed by atoms with Crippen LogP contribution in [0.4, 0.5) is 0 Å². The van der Waals surface area contributed by atoms with E-state index in [-0.39, 0.29) is 12.4 Å². The molecule has 1 aromatic heterocycles. The van der Waals surface area contributed by atoms with Crippen molar-refractivity contribution >= 4 is 23.7 Å². The summed E-state index contributed by atoms with van der Waals surface area (Å²) >= 11 is 1.81. The van der Waals surface area contributed by atoms with Gasteiger partial charge in [0.25, 0.3) is 0 Å². The van der Waals surface area contributed by atoms with Crippen molar-refractivity contribution in [1.82, 2.24) is 15.2 Å². The van der Waals surface area contributed by atoms with Crippen LogP contribution in [0.15, 0.2) is 36.5 Å². The number of nitrogens with zero attached hydrogens (tertiary/aromatic N) is 2. The summed E-state index contributed by atoms with van der Waals surface area (Å²) in [4.78, 5) is 8.43. The van der Waals surface area contributed by atoms with Crippen LogP contribution >= 0.6 is 23.7 Å². The minimum atomic E-state index is 0. The van der Waals surface area contributed by atoms with E-state index in [1.165, 1.54) is 10.4 Å². The van der Waals surface area contributed by atoms with Gasteiger partial charge >= 0.3 is 0 Å². The molecule has 0 spiro atoms. The fourth-order valence-electron chi connectivity index (χ4n) is 2.41. The molecule has 2 aromatic rings. The summed E-state index contributed by atoms with van der Waals surface area (Å²) in [6.07, 6.45) is 2.03. The van der Waals surface area contributed by atoms with Gasteiger partial charge in [0.2, 0.25) is 0 Å². The zero-order valence-electron chi connectivity index (χ0n) is 11.6. The molecular weight excluding hydrogens is 290 g/mol. The molecule has 108 valence electrons. The standard InChI is InChI=1S/C15H19N3S.ClH/c1-12-9-16-7-8-18(12)11-14-10-17-15(19-14)13-5-3-2-4-6-13;/h2-6,10,12,16H,7-9,11H2,1H3;1H/t12-;/m0./s1. The number of halogens is 1. The van der Waals surface area contributed by atoms with Crippen molar-refractivity contribution in [3.63, 3.8) is 0 Å². The smallest absolute Gasteiger partial charge is 0.123 e. The molecule has 0 aliphatic carbocycles. The molecule has 1 aromatic carbocycles. The predicted octanol–water partition coefficient (Wildman–Crippen LogP) is 3.03. The van der Waals surface area contributed by atoms with E-state index < -0.39 is 0 Å². The fourth-order valence-corrected chi connectivity index (χ4v) is 3.36. The molecule has 3 rings (SSSR count). The summed E-state index contributed by atoms with van der Waals surface area (Å²) in [6, 6.07) is 11.0. The molecule has 2 heterocycles. The largest absolute Gasteiger partial charge is 0.314 e. The lowest BCUT2D eigenvalue weighted by Gasteiger charge is -2.33. The summed E-state index contributed by atoms with van der Waals surface area (Å²) in [7, 11) is 0. The van der Waals surface area contributed by atoms with Crippen LogP contribution < -0.4 is 5.32 Å². The number of nitrogens with one attached hydrogen (secondary N) is 1. The van der Waals surface area contributed by atoms with Gasteiger partial charge in [-0.15, -0.1) is 23.7 Å². The second-order valence-corrected chi connectivity index (χ2v) is 6.14. The third-order valence-electron chi connectivity index (χ3n) is 3.57. The lowest BCUT2D eigenvalue weighted by atomic mass is 10.2. The van der Waals surface area contributed by atoms with Crippen LogP contribution in [0, 0.1) is 0 Å². The number of rotatable bonds is 3. The highest BCUT2D eigenvalue weighted by Gasteiger charge is 2.18. The second kappa shape index (κ2) is 7.18. The number of aromatic nitrogens is 1. The number of hydrogen-bond donors (Lipinski definition) is 1. The van der Waals surface area contributed by atoms with E-state index in [1.54, 1.807) is 0 Å². The topological polar surface area (TPSA) is 28.2 Å². The molecular formula is C15H20ClN3S. The van der Waals surface area contributed by atoms with Crippen molar-refractivity contribution in [3.8, 4) is 10.6 Å². The number of hydrogen-bond acceptors (Lipinski definition) is 4. The van der Waals surface area contributed by atoms with Crippen molar-refractivity contribution in [1.29, 1.82) is 0 Å². The minimum Gasteiger partial charge on any atom is -0.314 e. The van der Waals surface area contributed by atoms with E-state index in [0.29, 0.717) is 6.04 Å². The van der Waals surface area contributed by atoms with Gasteiger partial charge in [-0.1, -0.05) is 30.3 Å². The molecule has 0 unspecified atom stereocenters. The Hall–Kier alpha value is -0.940. The zero-order chi connectivity index (χ0) is 13.1. The Balaban J connectivity index is 0.00000147. The average Bonchev–Trinajstić information content (AvgIpc) is 2.91. The monoisotopic (exact) mass is 309 g/mol. The van der Waals surface area contributed by atoms with Crippen molar-refractivity contribution < 1.29 is 0 Å². The molecule has 0 bridgehead atoms. The highest BCUT2D eigenvalue weighted by atomic mass is 35.5. The lowest BCUT2D eigenvalue weighted by Crippen LogP contribution is -2.49. The molecule has 1 saturated heterocycles. The van der Waals surface area contributed by atoms with Crippen LogP contribution in [0.2, 0.25) is 0 Å². The summed E-state index contributed by atoms with van der Waals surface area (Å²) in [5.41, 5.74) is 1.21. The van der Waals surface area contributed by atoms with Gasteiger partial charge in [-0.25, -0.2) is 4.98 Å². The first-order valence-electron chi connectivity index (χ1n) is 6.78. The third-order valence-corrected chi connectivity index (χ3v) is 4.60. The highest BCUT2D eigenvalue weighted by Crippen LogP contribution is 2.26. The predicted molar refractivity (Wildman–Crippen MR) is 87.5 cm³/mol. The van der Waals surface area contributed by atoms with E-state index in [9.17, 15) is 0 Å². The maximum absolute atomic E-state index is 4.55. The number of thiazole rings is 1. The van der Waals surface area contributed by atoms with E-state index >= 15 is 0 Å². The van der Waals surface area contributed by atoms with Crippen LogP contribution in [-0.4, -0.2) is 35.6 Å². The molecule has 1 N–H and O–H groups in total. The normalized spacial score (nSPS) is 19.6. The third kappa shape index (κ3) is 3.58. The first kappa shape index (κ1) is 15.4. The second-order valence-electron chi connectivity index (χ2n) is 5.02. The maximum atomic E-state index is 4.55.